The number of carbonyl (C=O) groups is 2. The first-order chi connectivity index (χ1) is 10.7. The van der Waals surface area contributed by atoms with Gasteiger partial charge in [0, 0.05) is 17.6 Å². The van der Waals surface area contributed by atoms with Gasteiger partial charge in [-0.2, -0.15) is 0 Å². The standard InChI is InChI=1S/C16H18N4O2/c21-14(19-11-2-3-11)16(5-1-6-16)15(22)20-12-8-10-4-7-17-13(10)18-9-12/h4,7-9,11H,1-3,5-6H2,(H,17,18)(H,19,21)(H,20,22). The van der Waals surface area contributed by atoms with Crippen LogP contribution in [0, 0.1) is 5.41 Å². The minimum atomic E-state index is -0.893. The molecule has 0 saturated heterocycles. The lowest BCUT2D eigenvalue weighted by atomic mass is 9.67. The Morgan fingerprint density at radius 1 is 1.27 bits per heavy atom. The van der Waals surface area contributed by atoms with Crippen molar-refractivity contribution in [2.24, 2.45) is 5.41 Å². The maximum absolute atomic E-state index is 12.6. The van der Waals surface area contributed by atoms with Gasteiger partial charge < -0.3 is 15.6 Å². The van der Waals surface area contributed by atoms with E-state index < -0.39 is 5.41 Å². The van der Waals surface area contributed by atoms with Crippen molar-refractivity contribution in [1.29, 1.82) is 0 Å². The van der Waals surface area contributed by atoms with E-state index >= 15 is 0 Å². The van der Waals surface area contributed by atoms with Crippen LogP contribution in [-0.4, -0.2) is 27.8 Å². The molecule has 6 heteroatoms. The molecule has 0 unspecified atom stereocenters. The molecule has 6 nitrogen and oxygen atoms in total. The summed E-state index contributed by atoms with van der Waals surface area (Å²) in [5, 5.41) is 6.77. The second-order valence-corrected chi connectivity index (χ2v) is 6.28. The van der Waals surface area contributed by atoms with Crippen LogP contribution >= 0.6 is 0 Å². The summed E-state index contributed by atoms with van der Waals surface area (Å²) in [6.45, 7) is 0. The first-order valence-electron chi connectivity index (χ1n) is 7.73. The van der Waals surface area contributed by atoms with Crippen molar-refractivity contribution < 1.29 is 9.59 Å². The molecule has 4 rings (SSSR count). The third-order valence-corrected chi connectivity index (χ3v) is 4.65. The molecule has 2 saturated carbocycles. The third-order valence-electron chi connectivity index (χ3n) is 4.65. The number of H-pyrrole nitrogens is 1. The maximum Gasteiger partial charge on any atom is 0.240 e. The number of aromatic amines is 1. The molecule has 2 aliphatic carbocycles. The number of amides is 2. The predicted molar refractivity (Wildman–Crippen MR) is 82.2 cm³/mol. The fourth-order valence-electron chi connectivity index (χ4n) is 2.90. The Morgan fingerprint density at radius 3 is 2.77 bits per heavy atom. The highest BCUT2D eigenvalue weighted by atomic mass is 16.2. The van der Waals surface area contributed by atoms with Crippen LogP contribution in [-0.2, 0) is 9.59 Å². The number of hydrogen-bond acceptors (Lipinski definition) is 3. The number of rotatable bonds is 4. The SMILES string of the molecule is O=C(Nc1cnc2[nH]ccc2c1)C1(C(=O)NC2CC2)CCC1. The number of hydrogen-bond donors (Lipinski definition) is 3. The summed E-state index contributed by atoms with van der Waals surface area (Å²) >= 11 is 0. The quantitative estimate of drug-likeness (QED) is 0.754. The minimum Gasteiger partial charge on any atom is -0.352 e. The fourth-order valence-corrected chi connectivity index (χ4v) is 2.90. The highest BCUT2D eigenvalue weighted by Crippen LogP contribution is 2.43. The second kappa shape index (κ2) is 4.83. The van der Waals surface area contributed by atoms with Gasteiger partial charge in [-0.1, -0.05) is 6.42 Å². The van der Waals surface area contributed by atoms with Crippen LogP contribution in [0.15, 0.2) is 24.5 Å². The summed E-state index contributed by atoms with van der Waals surface area (Å²) in [7, 11) is 0. The van der Waals surface area contributed by atoms with E-state index in [2.05, 4.69) is 20.6 Å². The Labute approximate surface area is 127 Å². The number of fused-ring (bicyclic) bond motifs is 1. The maximum atomic E-state index is 12.6. The molecule has 0 aliphatic heterocycles. The molecule has 2 heterocycles. The lowest BCUT2D eigenvalue weighted by molar-refractivity contribution is -0.146. The Balaban J connectivity index is 1.52. The number of nitrogens with zero attached hydrogens (tertiary/aromatic N) is 1. The monoisotopic (exact) mass is 298 g/mol. The zero-order chi connectivity index (χ0) is 15.2. The number of aromatic nitrogens is 2. The van der Waals surface area contributed by atoms with Crippen molar-refractivity contribution in [3.05, 3.63) is 24.5 Å². The van der Waals surface area contributed by atoms with Gasteiger partial charge in [-0.25, -0.2) is 4.98 Å². The largest absolute Gasteiger partial charge is 0.352 e. The van der Waals surface area contributed by atoms with Crippen LogP contribution in [0.1, 0.15) is 32.1 Å². The molecule has 114 valence electrons. The average Bonchev–Trinajstić information content (AvgIpc) is 3.12. The fraction of sp³-hybridized carbons (Fsp3) is 0.438. The molecule has 2 aliphatic rings. The van der Waals surface area contributed by atoms with Crippen molar-refractivity contribution in [2.45, 2.75) is 38.1 Å². The van der Waals surface area contributed by atoms with Gasteiger partial charge in [-0.05, 0) is 37.8 Å². The number of carbonyl (C=O) groups excluding carboxylic acids is 2. The molecule has 0 spiro atoms. The molecule has 2 aromatic heterocycles. The summed E-state index contributed by atoms with van der Waals surface area (Å²) in [5.74, 6) is -0.331. The van der Waals surface area contributed by atoms with E-state index in [0.717, 1.165) is 30.3 Å². The van der Waals surface area contributed by atoms with E-state index in [1.54, 1.807) is 12.4 Å². The van der Waals surface area contributed by atoms with Crippen molar-refractivity contribution in [1.82, 2.24) is 15.3 Å². The number of pyridine rings is 1. The summed E-state index contributed by atoms with van der Waals surface area (Å²) in [6, 6.07) is 4.04. The average molecular weight is 298 g/mol. The summed E-state index contributed by atoms with van der Waals surface area (Å²) in [5.41, 5.74) is 0.515. The van der Waals surface area contributed by atoms with Gasteiger partial charge >= 0.3 is 0 Å². The predicted octanol–water partition coefficient (Wildman–Crippen LogP) is 1.95. The first kappa shape index (κ1) is 13.3. The normalized spacial score (nSPS) is 19.5. The Bertz CT molecular complexity index is 743. The zero-order valence-corrected chi connectivity index (χ0v) is 12.2. The lowest BCUT2D eigenvalue weighted by Crippen LogP contribution is -2.53. The van der Waals surface area contributed by atoms with Gasteiger partial charge in [0.1, 0.15) is 11.1 Å². The van der Waals surface area contributed by atoms with Gasteiger partial charge in [0.05, 0.1) is 11.9 Å². The van der Waals surface area contributed by atoms with Crippen molar-refractivity contribution in [2.75, 3.05) is 5.32 Å². The highest BCUT2D eigenvalue weighted by Gasteiger charge is 2.51. The van der Waals surface area contributed by atoms with Gasteiger partial charge in [-0.15, -0.1) is 0 Å². The van der Waals surface area contributed by atoms with Crippen molar-refractivity contribution in [3.63, 3.8) is 0 Å². The summed E-state index contributed by atoms with van der Waals surface area (Å²) in [6.07, 6.45) is 7.63. The smallest absolute Gasteiger partial charge is 0.240 e. The Morgan fingerprint density at radius 2 is 2.09 bits per heavy atom. The molecule has 0 atom stereocenters. The molecule has 0 bridgehead atoms. The summed E-state index contributed by atoms with van der Waals surface area (Å²) in [4.78, 5) is 32.3. The van der Waals surface area contributed by atoms with Crippen molar-refractivity contribution >= 4 is 28.5 Å². The van der Waals surface area contributed by atoms with E-state index in [1.807, 2.05) is 12.1 Å². The van der Waals surface area contributed by atoms with E-state index in [9.17, 15) is 9.59 Å². The third kappa shape index (κ3) is 2.15. The van der Waals surface area contributed by atoms with Crippen LogP contribution < -0.4 is 10.6 Å². The van der Waals surface area contributed by atoms with Crippen molar-refractivity contribution in [3.8, 4) is 0 Å². The Hall–Kier alpha value is -2.37. The van der Waals surface area contributed by atoms with E-state index in [4.69, 9.17) is 0 Å². The van der Waals surface area contributed by atoms with E-state index in [0.29, 0.717) is 18.5 Å². The lowest BCUT2D eigenvalue weighted by Gasteiger charge is -2.38. The molecule has 2 amide bonds. The van der Waals surface area contributed by atoms with Crippen LogP contribution in [0.5, 0.6) is 0 Å². The molecule has 0 aromatic carbocycles. The van der Waals surface area contributed by atoms with Crippen LogP contribution in [0.25, 0.3) is 11.0 Å². The van der Waals surface area contributed by atoms with Gasteiger partial charge in [-0.3, -0.25) is 9.59 Å². The first-order valence-corrected chi connectivity index (χ1v) is 7.73. The van der Waals surface area contributed by atoms with Crippen LogP contribution in [0.4, 0.5) is 5.69 Å². The van der Waals surface area contributed by atoms with Gasteiger partial charge in [0.25, 0.3) is 0 Å². The van der Waals surface area contributed by atoms with E-state index in [1.165, 1.54) is 0 Å². The topological polar surface area (TPSA) is 86.9 Å². The second-order valence-electron chi connectivity index (χ2n) is 6.28. The Kier molecular flexibility index (Phi) is 2.92. The molecule has 2 fully saturated rings. The zero-order valence-electron chi connectivity index (χ0n) is 12.2. The van der Waals surface area contributed by atoms with Crippen LogP contribution in [0.3, 0.4) is 0 Å². The van der Waals surface area contributed by atoms with Crippen LogP contribution in [0.2, 0.25) is 0 Å². The minimum absolute atomic E-state index is 0.116. The highest BCUT2D eigenvalue weighted by molar-refractivity contribution is 6.11. The number of anilines is 1. The number of nitrogens with one attached hydrogen (secondary N) is 3. The molecule has 22 heavy (non-hydrogen) atoms. The molecule has 3 N–H and O–H groups in total. The molecule has 0 radical (unpaired) electrons. The molecular formula is C16H18N4O2. The molecular weight excluding hydrogens is 280 g/mol. The van der Waals surface area contributed by atoms with Gasteiger partial charge in [0.2, 0.25) is 11.8 Å². The van der Waals surface area contributed by atoms with Gasteiger partial charge in [0.15, 0.2) is 0 Å². The summed E-state index contributed by atoms with van der Waals surface area (Å²) < 4.78 is 0. The molecule has 2 aromatic rings. The van der Waals surface area contributed by atoms with E-state index in [-0.39, 0.29) is 17.9 Å².